The van der Waals surface area contributed by atoms with E-state index in [0.29, 0.717) is 12.2 Å². The summed E-state index contributed by atoms with van der Waals surface area (Å²) in [5, 5.41) is 19.8. The van der Waals surface area contributed by atoms with E-state index in [0.717, 1.165) is 21.0 Å². The van der Waals surface area contributed by atoms with Crippen LogP contribution in [0.15, 0.2) is 36.4 Å². The maximum absolute atomic E-state index is 9.54. The zero-order valence-electron chi connectivity index (χ0n) is 10.8. The molecule has 2 N–H and O–H groups in total. The van der Waals surface area contributed by atoms with Gasteiger partial charge in [-0.3, -0.25) is 0 Å². The highest BCUT2D eigenvalue weighted by molar-refractivity contribution is 7.21. The first kappa shape index (κ1) is 12.7. The van der Waals surface area contributed by atoms with Gasteiger partial charge in [-0.15, -0.1) is 11.3 Å². The predicted octanol–water partition coefficient (Wildman–Crippen LogP) is 3.77. The molecule has 0 unspecified atom stereocenters. The molecule has 0 saturated carbocycles. The van der Waals surface area contributed by atoms with Crippen LogP contribution >= 0.6 is 11.3 Å². The molecule has 102 valence electrons. The molecular weight excluding hydrogens is 274 g/mol. The molecule has 5 heteroatoms. The van der Waals surface area contributed by atoms with Crippen LogP contribution in [0.4, 0.5) is 0 Å². The predicted molar refractivity (Wildman–Crippen MR) is 79.6 cm³/mol. The Morgan fingerprint density at radius 3 is 2.55 bits per heavy atom. The number of ether oxygens (including phenoxy) is 1. The maximum atomic E-state index is 9.54. The van der Waals surface area contributed by atoms with Crippen molar-refractivity contribution in [1.82, 2.24) is 4.98 Å². The number of benzene rings is 2. The fourth-order valence-corrected chi connectivity index (χ4v) is 2.98. The summed E-state index contributed by atoms with van der Waals surface area (Å²) in [7, 11) is 0. The number of rotatable bonds is 3. The largest absolute Gasteiger partial charge is 0.508 e. The van der Waals surface area contributed by atoms with Crippen molar-refractivity contribution in [1.29, 1.82) is 0 Å². The molecule has 1 aromatic heterocycles. The molecule has 3 aromatic rings. The van der Waals surface area contributed by atoms with Crippen LogP contribution in [-0.4, -0.2) is 21.8 Å². The van der Waals surface area contributed by atoms with Crippen LogP contribution in [0, 0.1) is 0 Å². The van der Waals surface area contributed by atoms with E-state index in [4.69, 9.17) is 4.74 Å². The highest BCUT2D eigenvalue weighted by Gasteiger charge is 2.09. The Bertz CT molecular complexity index is 747. The highest BCUT2D eigenvalue weighted by Crippen LogP contribution is 2.35. The Hall–Kier alpha value is -2.27. The van der Waals surface area contributed by atoms with E-state index in [9.17, 15) is 10.2 Å². The molecule has 0 atom stereocenters. The summed E-state index contributed by atoms with van der Waals surface area (Å²) in [6, 6.07) is 10.2. The molecule has 0 radical (unpaired) electrons. The van der Waals surface area contributed by atoms with Gasteiger partial charge >= 0.3 is 0 Å². The summed E-state index contributed by atoms with van der Waals surface area (Å²) in [6.07, 6.45) is 0. The van der Waals surface area contributed by atoms with Gasteiger partial charge in [0.1, 0.15) is 22.3 Å². The second-order valence-electron chi connectivity index (χ2n) is 4.32. The van der Waals surface area contributed by atoms with Crippen LogP contribution in [0.5, 0.6) is 17.2 Å². The normalized spacial score (nSPS) is 10.8. The number of aromatic nitrogens is 1. The van der Waals surface area contributed by atoms with Gasteiger partial charge in [0.05, 0.1) is 16.8 Å². The van der Waals surface area contributed by atoms with Crippen molar-refractivity contribution in [2.24, 2.45) is 0 Å². The lowest BCUT2D eigenvalue weighted by Crippen LogP contribution is -1.89. The standard InChI is InChI=1S/C15H13NO3S/c1-2-19-12-3-4-13-14(8-12)20-15(16-13)9-5-10(17)7-11(18)6-9/h3-8,17-18H,2H2,1H3. The minimum absolute atomic E-state index is 0.0225. The van der Waals surface area contributed by atoms with Crippen LogP contribution in [0.1, 0.15) is 6.92 Å². The Morgan fingerprint density at radius 2 is 1.85 bits per heavy atom. The number of nitrogens with zero attached hydrogens (tertiary/aromatic N) is 1. The molecule has 0 aliphatic rings. The summed E-state index contributed by atoms with van der Waals surface area (Å²) >= 11 is 1.49. The summed E-state index contributed by atoms with van der Waals surface area (Å²) in [5.41, 5.74) is 1.57. The Morgan fingerprint density at radius 1 is 1.10 bits per heavy atom. The molecule has 0 bridgehead atoms. The molecule has 2 aromatic carbocycles. The van der Waals surface area contributed by atoms with Crippen molar-refractivity contribution in [3.63, 3.8) is 0 Å². The van der Waals surface area contributed by atoms with Crippen LogP contribution in [0.3, 0.4) is 0 Å². The highest BCUT2D eigenvalue weighted by atomic mass is 32.1. The van der Waals surface area contributed by atoms with E-state index in [1.807, 2.05) is 25.1 Å². The van der Waals surface area contributed by atoms with Crippen LogP contribution in [0.2, 0.25) is 0 Å². The molecule has 1 heterocycles. The molecule has 4 nitrogen and oxygen atoms in total. The fourth-order valence-electron chi connectivity index (χ4n) is 2.00. The van der Waals surface area contributed by atoms with Crippen LogP contribution in [0.25, 0.3) is 20.8 Å². The average molecular weight is 287 g/mol. The topological polar surface area (TPSA) is 62.6 Å². The third kappa shape index (κ3) is 2.40. The molecule has 0 aliphatic heterocycles. The SMILES string of the molecule is CCOc1ccc2nc(-c3cc(O)cc(O)c3)sc2c1. The number of phenols is 2. The van der Waals surface area contributed by atoms with E-state index in [1.54, 1.807) is 12.1 Å². The first-order valence-electron chi connectivity index (χ1n) is 6.22. The van der Waals surface area contributed by atoms with Gasteiger partial charge in [0, 0.05) is 11.6 Å². The number of aromatic hydroxyl groups is 2. The summed E-state index contributed by atoms with van der Waals surface area (Å²) < 4.78 is 6.47. The lowest BCUT2D eigenvalue weighted by Gasteiger charge is -2.00. The summed E-state index contributed by atoms with van der Waals surface area (Å²) in [6.45, 7) is 2.56. The molecule has 0 spiro atoms. The van der Waals surface area contributed by atoms with Gasteiger partial charge in [-0.05, 0) is 37.3 Å². The lowest BCUT2D eigenvalue weighted by atomic mass is 10.2. The van der Waals surface area contributed by atoms with Gasteiger partial charge in [-0.2, -0.15) is 0 Å². The zero-order chi connectivity index (χ0) is 14.1. The van der Waals surface area contributed by atoms with Crippen molar-refractivity contribution in [3.8, 4) is 27.8 Å². The van der Waals surface area contributed by atoms with E-state index >= 15 is 0 Å². The minimum Gasteiger partial charge on any atom is -0.508 e. The van der Waals surface area contributed by atoms with Crippen molar-refractivity contribution in [2.45, 2.75) is 6.92 Å². The van der Waals surface area contributed by atoms with Gasteiger partial charge in [0.2, 0.25) is 0 Å². The first-order chi connectivity index (χ1) is 9.65. The maximum Gasteiger partial charge on any atom is 0.124 e. The van der Waals surface area contributed by atoms with Crippen molar-refractivity contribution in [2.75, 3.05) is 6.61 Å². The van der Waals surface area contributed by atoms with E-state index in [1.165, 1.54) is 17.4 Å². The van der Waals surface area contributed by atoms with Crippen molar-refractivity contribution >= 4 is 21.6 Å². The Balaban J connectivity index is 2.08. The number of hydrogen-bond donors (Lipinski definition) is 2. The second-order valence-corrected chi connectivity index (χ2v) is 5.35. The molecular formula is C15H13NO3S. The second kappa shape index (κ2) is 5.02. The number of phenolic OH excluding ortho intramolecular Hbond substituents is 2. The van der Waals surface area contributed by atoms with Crippen LogP contribution < -0.4 is 4.74 Å². The number of thiazole rings is 1. The minimum atomic E-state index is 0.0225. The van der Waals surface area contributed by atoms with Gasteiger partial charge in [-0.25, -0.2) is 4.98 Å². The Kier molecular flexibility index (Phi) is 3.20. The number of hydrogen-bond acceptors (Lipinski definition) is 5. The lowest BCUT2D eigenvalue weighted by molar-refractivity contribution is 0.341. The van der Waals surface area contributed by atoms with Gasteiger partial charge in [0.25, 0.3) is 0 Å². The quantitative estimate of drug-likeness (QED) is 0.769. The summed E-state index contributed by atoms with van der Waals surface area (Å²) in [4.78, 5) is 4.51. The van der Waals surface area contributed by atoms with Crippen molar-refractivity contribution in [3.05, 3.63) is 36.4 Å². The van der Waals surface area contributed by atoms with E-state index in [2.05, 4.69) is 4.98 Å². The molecule has 0 aliphatic carbocycles. The first-order valence-corrected chi connectivity index (χ1v) is 7.04. The van der Waals surface area contributed by atoms with Crippen LogP contribution in [-0.2, 0) is 0 Å². The molecule has 3 rings (SSSR count). The summed E-state index contributed by atoms with van der Waals surface area (Å²) in [5.74, 6) is 0.859. The average Bonchev–Trinajstić information content (AvgIpc) is 2.81. The van der Waals surface area contributed by atoms with Gasteiger partial charge in [-0.1, -0.05) is 0 Å². The fraction of sp³-hybridized carbons (Fsp3) is 0.133. The monoisotopic (exact) mass is 287 g/mol. The van der Waals surface area contributed by atoms with Gasteiger partial charge < -0.3 is 14.9 Å². The Labute approximate surface area is 119 Å². The van der Waals surface area contributed by atoms with E-state index in [-0.39, 0.29) is 11.5 Å². The smallest absolute Gasteiger partial charge is 0.124 e. The molecule has 0 saturated heterocycles. The molecule has 20 heavy (non-hydrogen) atoms. The zero-order valence-corrected chi connectivity index (χ0v) is 11.6. The number of fused-ring (bicyclic) bond motifs is 1. The van der Waals surface area contributed by atoms with E-state index < -0.39 is 0 Å². The van der Waals surface area contributed by atoms with Crippen molar-refractivity contribution < 1.29 is 14.9 Å². The molecule has 0 fully saturated rings. The van der Waals surface area contributed by atoms with Gasteiger partial charge in [0.15, 0.2) is 0 Å². The third-order valence-electron chi connectivity index (χ3n) is 2.82. The molecule has 0 amide bonds. The third-order valence-corrected chi connectivity index (χ3v) is 3.89.